The lowest BCUT2D eigenvalue weighted by atomic mass is 10.2. The molecule has 0 radical (unpaired) electrons. The second kappa shape index (κ2) is 5.61. The fourth-order valence-corrected chi connectivity index (χ4v) is 2.09. The van der Waals surface area contributed by atoms with Gasteiger partial charge in [0.25, 0.3) is 0 Å². The number of benzene rings is 2. The summed E-state index contributed by atoms with van der Waals surface area (Å²) in [6, 6.07) is 15.0. The van der Waals surface area contributed by atoms with Crippen molar-refractivity contribution in [2.75, 3.05) is 0 Å². The van der Waals surface area contributed by atoms with E-state index in [9.17, 15) is 13.2 Å². The molecule has 0 amide bonds. The predicted molar refractivity (Wildman–Crippen MR) is 78.0 cm³/mol. The highest BCUT2D eigenvalue weighted by Crippen LogP contribution is 2.32. The number of fused-ring (bicyclic) bond motifs is 1. The average Bonchev–Trinajstić information content (AvgIpc) is 2.54. The van der Waals surface area contributed by atoms with Crippen molar-refractivity contribution in [3.63, 3.8) is 0 Å². The zero-order valence-corrected chi connectivity index (χ0v) is 11.6. The van der Waals surface area contributed by atoms with E-state index in [0.29, 0.717) is 5.52 Å². The van der Waals surface area contributed by atoms with Gasteiger partial charge in [0.15, 0.2) is 11.4 Å². The summed E-state index contributed by atoms with van der Waals surface area (Å²) in [6.07, 6.45) is -4.40. The Bertz CT molecular complexity index is 896. The maximum atomic E-state index is 12.5. The first kappa shape index (κ1) is 14.9. The van der Waals surface area contributed by atoms with Gasteiger partial charge in [0.05, 0.1) is 11.1 Å². The first-order valence-electron chi connectivity index (χ1n) is 6.62. The molecule has 0 saturated carbocycles. The molecule has 23 heavy (non-hydrogen) atoms. The molecule has 0 saturated heterocycles. The number of ether oxygens (including phenoxy) is 1. The number of pyridine rings is 1. The highest BCUT2D eigenvalue weighted by Gasteiger charge is 2.30. The minimum Gasteiger partial charge on any atom is -0.454 e. The molecule has 3 aromatic rings. The molecule has 6 heteroatoms. The van der Waals surface area contributed by atoms with E-state index in [-0.39, 0.29) is 17.2 Å². The van der Waals surface area contributed by atoms with Gasteiger partial charge in [-0.25, -0.2) is 4.98 Å². The van der Waals surface area contributed by atoms with Gasteiger partial charge in [-0.15, -0.1) is 0 Å². The highest BCUT2D eigenvalue weighted by atomic mass is 19.4. The van der Waals surface area contributed by atoms with Crippen LogP contribution in [0.5, 0.6) is 11.5 Å². The molecule has 3 nitrogen and oxygen atoms in total. The minimum absolute atomic E-state index is 0.0728. The number of hydrogen-bond acceptors (Lipinski definition) is 3. The van der Waals surface area contributed by atoms with Crippen LogP contribution in [-0.4, -0.2) is 4.98 Å². The normalized spacial score (nSPS) is 11.2. The highest BCUT2D eigenvalue weighted by molar-refractivity contribution is 5.81. The molecule has 0 aliphatic carbocycles. The number of hydrogen-bond donors (Lipinski definition) is 0. The first-order chi connectivity index (χ1) is 11.0. The summed E-state index contributed by atoms with van der Waals surface area (Å²) < 4.78 is 43.2. The Labute approximate surface area is 129 Å². The van der Waals surface area contributed by atoms with Crippen LogP contribution in [0.3, 0.4) is 0 Å². The lowest BCUT2D eigenvalue weighted by Crippen LogP contribution is -2.04. The smallest absolute Gasteiger partial charge is 0.416 e. The van der Waals surface area contributed by atoms with Crippen LogP contribution in [0.15, 0.2) is 54.6 Å². The van der Waals surface area contributed by atoms with Gasteiger partial charge in [-0.1, -0.05) is 18.2 Å². The van der Waals surface area contributed by atoms with Gasteiger partial charge in [0, 0.05) is 5.39 Å². The fraction of sp³-hybridized carbons (Fsp3) is 0.0588. The predicted octanol–water partition coefficient (Wildman–Crippen LogP) is 4.92. The van der Waals surface area contributed by atoms with E-state index in [0.717, 1.165) is 17.5 Å². The molecular weight excluding hydrogens is 305 g/mol. The molecule has 114 valence electrons. The largest absolute Gasteiger partial charge is 0.454 e. The maximum Gasteiger partial charge on any atom is 0.416 e. The number of nitrogens with zero attached hydrogens (tertiary/aromatic N) is 2. The summed E-state index contributed by atoms with van der Waals surface area (Å²) in [5.41, 5.74) is -0.0468. The molecule has 2 aromatic carbocycles. The van der Waals surface area contributed by atoms with Crippen molar-refractivity contribution in [2.45, 2.75) is 6.18 Å². The first-order valence-corrected chi connectivity index (χ1v) is 6.62. The summed E-state index contributed by atoms with van der Waals surface area (Å²) in [7, 11) is 0. The number of nitriles is 1. The van der Waals surface area contributed by atoms with Gasteiger partial charge in [-0.3, -0.25) is 0 Å². The number of aromatic nitrogens is 1. The van der Waals surface area contributed by atoms with Crippen LogP contribution in [0, 0.1) is 11.3 Å². The molecule has 0 fully saturated rings. The molecule has 0 N–H and O–H groups in total. The monoisotopic (exact) mass is 314 g/mol. The van der Waals surface area contributed by atoms with Crippen LogP contribution in [0.25, 0.3) is 10.9 Å². The van der Waals surface area contributed by atoms with Crippen molar-refractivity contribution in [1.29, 1.82) is 5.26 Å². The standard InChI is InChI=1S/C17H9F3N2O/c18-17(19,20)12-5-7-13(8-6-12)23-16-9-11-3-1-2-4-14(11)22-15(16)10-21/h1-9H. The number of alkyl halides is 3. The zero-order valence-electron chi connectivity index (χ0n) is 11.6. The second-order valence-corrected chi connectivity index (χ2v) is 4.76. The van der Waals surface area contributed by atoms with Crippen LogP contribution in [0.2, 0.25) is 0 Å². The SMILES string of the molecule is N#Cc1nc2ccccc2cc1Oc1ccc(C(F)(F)F)cc1. The van der Waals surface area contributed by atoms with Crippen molar-refractivity contribution >= 4 is 10.9 Å². The van der Waals surface area contributed by atoms with Crippen LogP contribution < -0.4 is 4.74 Å². The number of rotatable bonds is 2. The second-order valence-electron chi connectivity index (χ2n) is 4.76. The van der Waals surface area contributed by atoms with E-state index in [2.05, 4.69) is 4.98 Å². The average molecular weight is 314 g/mol. The molecule has 0 bridgehead atoms. The van der Waals surface area contributed by atoms with Crippen LogP contribution >= 0.6 is 0 Å². The molecule has 3 rings (SSSR count). The van der Waals surface area contributed by atoms with E-state index < -0.39 is 11.7 Å². The summed E-state index contributed by atoms with van der Waals surface area (Å²) in [5, 5.41) is 9.94. The Morgan fingerprint density at radius 1 is 1.00 bits per heavy atom. The van der Waals surface area contributed by atoms with Crippen molar-refractivity contribution in [3.05, 3.63) is 65.9 Å². The third kappa shape index (κ3) is 3.09. The van der Waals surface area contributed by atoms with Gasteiger partial charge < -0.3 is 4.74 Å². The molecular formula is C17H9F3N2O. The lowest BCUT2D eigenvalue weighted by Gasteiger charge is -2.10. The van der Waals surface area contributed by atoms with Crippen LogP contribution in [-0.2, 0) is 6.18 Å². The van der Waals surface area contributed by atoms with Gasteiger partial charge in [-0.05, 0) is 36.4 Å². The number of halogens is 3. The summed E-state index contributed by atoms with van der Waals surface area (Å²) in [6.45, 7) is 0. The lowest BCUT2D eigenvalue weighted by molar-refractivity contribution is -0.137. The zero-order chi connectivity index (χ0) is 16.4. The van der Waals surface area contributed by atoms with Crippen molar-refractivity contribution in [2.24, 2.45) is 0 Å². The Morgan fingerprint density at radius 3 is 2.35 bits per heavy atom. The van der Waals surface area contributed by atoms with E-state index in [1.165, 1.54) is 12.1 Å². The molecule has 0 atom stereocenters. The van der Waals surface area contributed by atoms with Crippen molar-refractivity contribution < 1.29 is 17.9 Å². The molecule has 1 aromatic heterocycles. The Morgan fingerprint density at radius 2 is 1.70 bits per heavy atom. The summed E-state index contributed by atoms with van der Waals surface area (Å²) in [4.78, 5) is 4.18. The van der Waals surface area contributed by atoms with Crippen LogP contribution in [0.1, 0.15) is 11.3 Å². The molecule has 0 aliphatic rings. The maximum absolute atomic E-state index is 12.5. The third-order valence-electron chi connectivity index (χ3n) is 3.20. The van der Waals surface area contributed by atoms with Crippen LogP contribution in [0.4, 0.5) is 13.2 Å². The third-order valence-corrected chi connectivity index (χ3v) is 3.20. The van der Waals surface area contributed by atoms with Gasteiger partial charge in [0.2, 0.25) is 0 Å². The fourth-order valence-electron chi connectivity index (χ4n) is 2.09. The van der Waals surface area contributed by atoms with E-state index >= 15 is 0 Å². The summed E-state index contributed by atoms with van der Waals surface area (Å²) in [5.74, 6) is 0.400. The Hall–Kier alpha value is -3.07. The molecule has 0 unspecified atom stereocenters. The van der Waals surface area contributed by atoms with Gasteiger partial charge in [0.1, 0.15) is 11.8 Å². The number of para-hydroxylation sites is 1. The van der Waals surface area contributed by atoms with E-state index in [1.807, 2.05) is 18.2 Å². The Balaban J connectivity index is 1.96. The van der Waals surface area contributed by atoms with E-state index in [1.54, 1.807) is 18.2 Å². The van der Waals surface area contributed by atoms with Crippen molar-refractivity contribution in [3.8, 4) is 17.6 Å². The molecule has 0 spiro atoms. The molecule has 0 aliphatic heterocycles. The van der Waals surface area contributed by atoms with Gasteiger partial charge >= 0.3 is 6.18 Å². The quantitative estimate of drug-likeness (QED) is 0.674. The topological polar surface area (TPSA) is 45.9 Å². The summed E-state index contributed by atoms with van der Waals surface area (Å²) >= 11 is 0. The van der Waals surface area contributed by atoms with Crippen molar-refractivity contribution in [1.82, 2.24) is 4.98 Å². The van der Waals surface area contributed by atoms with E-state index in [4.69, 9.17) is 10.00 Å². The van der Waals surface area contributed by atoms with Gasteiger partial charge in [-0.2, -0.15) is 18.4 Å². The Kier molecular flexibility index (Phi) is 3.62. The minimum atomic E-state index is -4.40. The molecule has 1 heterocycles.